The van der Waals surface area contributed by atoms with E-state index in [1.54, 1.807) is 0 Å². The molecule has 83 valence electrons. The van der Waals surface area contributed by atoms with Crippen LogP contribution in [0, 0.1) is 6.07 Å². The van der Waals surface area contributed by atoms with Crippen molar-refractivity contribution in [3.63, 3.8) is 0 Å². The van der Waals surface area contributed by atoms with Crippen LogP contribution in [0.2, 0.25) is 0 Å². The predicted molar refractivity (Wildman–Crippen MR) is 63.1 cm³/mol. The highest BCUT2D eigenvalue weighted by Gasteiger charge is 2.04. The number of hydrogen-bond donors (Lipinski definition) is 1. The minimum Gasteiger partial charge on any atom is -0.395 e. The van der Waals surface area contributed by atoms with Crippen LogP contribution in [-0.2, 0) is 0 Å². The molecule has 1 rings (SSSR count). The van der Waals surface area contributed by atoms with Crippen molar-refractivity contribution in [3.05, 3.63) is 30.3 Å². The van der Waals surface area contributed by atoms with E-state index in [0.717, 1.165) is 18.8 Å². The minimum atomic E-state index is 0.187. The first-order chi connectivity index (χ1) is 7.24. The second kappa shape index (κ2) is 6.43. The first-order valence-electron chi connectivity index (χ1n) is 5.20. The van der Waals surface area contributed by atoms with Crippen LogP contribution in [0.15, 0.2) is 24.3 Å². The van der Waals surface area contributed by atoms with Crippen molar-refractivity contribution < 1.29 is 5.11 Å². The summed E-state index contributed by atoms with van der Waals surface area (Å²) >= 11 is 0. The van der Waals surface area contributed by atoms with Gasteiger partial charge in [0.1, 0.15) is 0 Å². The first-order valence-corrected chi connectivity index (χ1v) is 5.20. The molecule has 0 aromatic heterocycles. The number of likely N-dealkylation sites (N-methyl/N-ethyl adjacent to an activating group) is 1. The highest BCUT2D eigenvalue weighted by molar-refractivity contribution is 5.45. The number of nitrogens with zero attached hydrogens (tertiary/aromatic N) is 2. The van der Waals surface area contributed by atoms with Gasteiger partial charge in [0.25, 0.3) is 0 Å². The number of aliphatic hydroxyl groups is 1. The number of hydrogen-bond acceptors (Lipinski definition) is 3. The second-order valence-electron chi connectivity index (χ2n) is 3.77. The summed E-state index contributed by atoms with van der Waals surface area (Å²) in [6, 6.07) is 10.8. The third-order valence-corrected chi connectivity index (χ3v) is 2.25. The molecule has 0 aliphatic heterocycles. The van der Waals surface area contributed by atoms with Crippen molar-refractivity contribution in [2.75, 3.05) is 45.2 Å². The van der Waals surface area contributed by atoms with Crippen LogP contribution in [0.4, 0.5) is 5.69 Å². The smallest absolute Gasteiger partial charge is 0.0606 e. The van der Waals surface area contributed by atoms with Crippen molar-refractivity contribution in [2.45, 2.75) is 0 Å². The number of rotatable bonds is 6. The Labute approximate surface area is 91.9 Å². The highest BCUT2D eigenvalue weighted by Crippen LogP contribution is 2.11. The molecule has 1 aromatic rings. The molecule has 3 nitrogen and oxygen atoms in total. The van der Waals surface area contributed by atoms with Crippen LogP contribution < -0.4 is 4.90 Å². The molecule has 0 unspecified atom stereocenters. The summed E-state index contributed by atoms with van der Waals surface area (Å²) in [5.74, 6) is 0. The summed E-state index contributed by atoms with van der Waals surface area (Å²) in [5.41, 5.74) is 1.14. The van der Waals surface area contributed by atoms with Gasteiger partial charge < -0.3 is 14.9 Å². The van der Waals surface area contributed by atoms with Crippen molar-refractivity contribution in [1.82, 2.24) is 4.90 Å². The monoisotopic (exact) mass is 207 g/mol. The second-order valence-corrected chi connectivity index (χ2v) is 3.77. The zero-order chi connectivity index (χ0) is 11.1. The fourth-order valence-electron chi connectivity index (χ4n) is 1.40. The molecule has 0 aliphatic rings. The van der Waals surface area contributed by atoms with Gasteiger partial charge in [-0.2, -0.15) is 0 Å². The van der Waals surface area contributed by atoms with E-state index in [2.05, 4.69) is 30.0 Å². The van der Waals surface area contributed by atoms with Gasteiger partial charge in [0, 0.05) is 25.3 Å². The Morgan fingerprint density at radius 3 is 2.33 bits per heavy atom. The molecule has 1 N–H and O–H groups in total. The van der Waals surface area contributed by atoms with Gasteiger partial charge in [0.2, 0.25) is 0 Å². The molecular formula is C12H19N2O. The average Bonchev–Trinajstić information content (AvgIpc) is 2.25. The zero-order valence-electron chi connectivity index (χ0n) is 9.48. The molecule has 0 heterocycles. The van der Waals surface area contributed by atoms with Gasteiger partial charge in [-0.25, -0.2) is 0 Å². The summed E-state index contributed by atoms with van der Waals surface area (Å²) in [6.45, 7) is 2.78. The highest BCUT2D eigenvalue weighted by atomic mass is 16.3. The lowest BCUT2D eigenvalue weighted by molar-refractivity contribution is 0.299. The minimum absolute atomic E-state index is 0.187. The van der Waals surface area contributed by atoms with Gasteiger partial charge in [-0.3, -0.25) is 0 Å². The van der Waals surface area contributed by atoms with Crippen molar-refractivity contribution in [3.8, 4) is 0 Å². The molecule has 3 heteroatoms. The normalized spacial score (nSPS) is 10.7. The standard InChI is InChI=1S/C12H19N2O/c1-13(2)8-9-14(10-11-15)12-6-4-3-5-7-12/h4-7,15H,8-11H2,1-2H3. The summed E-state index contributed by atoms with van der Waals surface area (Å²) < 4.78 is 0. The maximum absolute atomic E-state index is 9.00. The lowest BCUT2D eigenvalue weighted by atomic mass is 10.3. The van der Waals surface area contributed by atoms with Gasteiger partial charge in [-0.1, -0.05) is 12.1 Å². The van der Waals surface area contributed by atoms with Crippen LogP contribution in [-0.4, -0.2) is 50.3 Å². The zero-order valence-corrected chi connectivity index (χ0v) is 9.48. The summed E-state index contributed by atoms with van der Waals surface area (Å²) in [5, 5.41) is 9.00. The van der Waals surface area contributed by atoms with Crippen LogP contribution in [0.5, 0.6) is 0 Å². The number of anilines is 1. The van der Waals surface area contributed by atoms with Crippen LogP contribution >= 0.6 is 0 Å². The topological polar surface area (TPSA) is 26.7 Å². The molecule has 1 aromatic carbocycles. The van der Waals surface area contributed by atoms with E-state index in [-0.39, 0.29) is 6.61 Å². The third kappa shape index (κ3) is 4.32. The maximum Gasteiger partial charge on any atom is 0.0606 e. The average molecular weight is 207 g/mol. The quantitative estimate of drug-likeness (QED) is 0.749. The van der Waals surface area contributed by atoms with Crippen molar-refractivity contribution in [2.24, 2.45) is 0 Å². The fraction of sp³-hybridized carbons (Fsp3) is 0.500. The van der Waals surface area contributed by atoms with Gasteiger partial charge in [-0.05, 0) is 32.3 Å². The molecule has 0 atom stereocenters. The van der Waals surface area contributed by atoms with Crippen LogP contribution in [0.25, 0.3) is 0 Å². The number of aliphatic hydroxyl groups excluding tert-OH is 1. The van der Waals surface area contributed by atoms with Gasteiger partial charge >= 0.3 is 0 Å². The SMILES string of the molecule is CN(C)CCN(CCO)c1cc[c]cc1. The summed E-state index contributed by atoms with van der Waals surface area (Å²) in [6.07, 6.45) is 0. The Hall–Kier alpha value is -1.06. The Kier molecular flexibility index (Phi) is 5.15. The Morgan fingerprint density at radius 2 is 1.80 bits per heavy atom. The van der Waals surface area contributed by atoms with E-state index in [1.807, 2.05) is 24.3 Å². The molecule has 15 heavy (non-hydrogen) atoms. The van der Waals surface area contributed by atoms with E-state index in [9.17, 15) is 0 Å². The molecule has 1 radical (unpaired) electrons. The first kappa shape index (κ1) is 12.0. The van der Waals surface area contributed by atoms with E-state index in [0.29, 0.717) is 6.54 Å². The molecule has 0 saturated heterocycles. The van der Waals surface area contributed by atoms with E-state index in [4.69, 9.17) is 5.11 Å². The molecular weight excluding hydrogens is 188 g/mol. The summed E-state index contributed by atoms with van der Waals surface area (Å²) in [7, 11) is 4.10. The van der Waals surface area contributed by atoms with E-state index in [1.165, 1.54) is 0 Å². The molecule has 0 bridgehead atoms. The maximum atomic E-state index is 9.00. The molecule has 0 amide bonds. The Morgan fingerprint density at radius 1 is 1.13 bits per heavy atom. The lowest BCUT2D eigenvalue weighted by Gasteiger charge is -2.25. The van der Waals surface area contributed by atoms with Crippen LogP contribution in [0.1, 0.15) is 0 Å². The summed E-state index contributed by atoms with van der Waals surface area (Å²) in [4.78, 5) is 4.31. The lowest BCUT2D eigenvalue weighted by Crippen LogP contribution is -2.33. The number of benzene rings is 1. The molecule has 0 saturated carbocycles. The fourth-order valence-corrected chi connectivity index (χ4v) is 1.40. The van der Waals surface area contributed by atoms with Gasteiger partial charge in [0.15, 0.2) is 0 Å². The van der Waals surface area contributed by atoms with Crippen LogP contribution in [0.3, 0.4) is 0 Å². The molecule has 0 fully saturated rings. The third-order valence-electron chi connectivity index (χ3n) is 2.25. The Balaban J connectivity index is 2.57. The molecule has 0 aliphatic carbocycles. The van der Waals surface area contributed by atoms with E-state index >= 15 is 0 Å². The largest absolute Gasteiger partial charge is 0.395 e. The van der Waals surface area contributed by atoms with Crippen molar-refractivity contribution >= 4 is 5.69 Å². The van der Waals surface area contributed by atoms with Gasteiger partial charge in [-0.15, -0.1) is 0 Å². The van der Waals surface area contributed by atoms with E-state index < -0.39 is 0 Å². The predicted octanol–water partition coefficient (Wildman–Crippen LogP) is 0.847. The van der Waals surface area contributed by atoms with Gasteiger partial charge in [0.05, 0.1) is 6.61 Å². The molecule has 0 spiro atoms. The van der Waals surface area contributed by atoms with Crippen molar-refractivity contribution in [1.29, 1.82) is 0 Å². The Bertz CT molecular complexity index is 262.